The smallest absolute Gasteiger partial charge is 0.376 e. The quantitative estimate of drug-likeness (QED) is 0.768. The molecule has 2 amide bonds. The van der Waals surface area contributed by atoms with E-state index in [-0.39, 0.29) is 27.8 Å². The molecule has 0 saturated heterocycles. The number of benzene rings is 2. The molecule has 1 heterocycles. The van der Waals surface area contributed by atoms with Crippen LogP contribution >= 0.6 is 0 Å². The highest BCUT2D eigenvalue weighted by Gasteiger charge is 2.48. The first-order valence-electron chi connectivity index (χ1n) is 9.34. The average molecular weight is 453 g/mol. The van der Waals surface area contributed by atoms with E-state index in [0.29, 0.717) is 18.5 Å². The van der Waals surface area contributed by atoms with Gasteiger partial charge in [-0.1, -0.05) is 0 Å². The predicted octanol–water partition coefficient (Wildman–Crippen LogP) is 3.33. The van der Waals surface area contributed by atoms with Crippen molar-refractivity contribution >= 4 is 33.2 Å². The molecular formula is C20H18F3N3O4S. The molecule has 1 aliphatic heterocycles. The Hall–Kier alpha value is -3.08. The highest BCUT2D eigenvalue weighted by molar-refractivity contribution is 7.90. The molecule has 0 atom stereocenters. The highest BCUT2D eigenvalue weighted by atomic mass is 32.2. The molecule has 1 saturated carbocycles. The Labute approximate surface area is 176 Å². The number of amides is 2. The molecule has 1 fully saturated rings. The number of halogens is 3. The fraction of sp³-hybridized carbons (Fsp3) is 0.300. The van der Waals surface area contributed by atoms with Crippen LogP contribution in [0, 0.1) is 0 Å². The van der Waals surface area contributed by atoms with Gasteiger partial charge >= 0.3 is 6.18 Å². The molecule has 164 valence electrons. The molecule has 31 heavy (non-hydrogen) atoms. The van der Waals surface area contributed by atoms with Crippen LogP contribution in [-0.2, 0) is 16.2 Å². The molecule has 2 aromatic carbocycles. The number of sulfonamides is 1. The van der Waals surface area contributed by atoms with Crippen molar-refractivity contribution in [3.05, 3.63) is 53.1 Å². The van der Waals surface area contributed by atoms with Crippen LogP contribution in [0.2, 0.25) is 0 Å². The van der Waals surface area contributed by atoms with Gasteiger partial charge in [0.15, 0.2) is 0 Å². The zero-order chi connectivity index (χ0) is 22.7. The minimum absolute atomic E-state index is 0.0171. The van der Waals surface area contributed by atoms with E-state index in [1.54, 1.807) is 14.1 Å². The summed E-state index contributed by atoms with van der Waals surface area (Å²) in [7, 11) is -0.843. The van der Waals surface area contributed by atoms with Gasteiger partial charge in [-0.3, -0.25) is 9.59 Å². The maximum atomic E-state index is 13.1. The summed E-state index contributed by atoms with van der Waals surface area (Å²) in [6, 6.07) is 6.21. The third-order valence-corrected chi connectivity index (χ3v) is 7.02. The first-order chi connectivity index (χ1) is 14.4. The Bertz CT molecular complexity index is 1200. The van der Waals surface area contributed by atoms with Gasteiger partial charge in [-0.15, -0.1) is 0 Å². The Morgan fingerprint density at radius 2 is 1.81 bits per heavy atom. The van der Waals surface area contributed by atoms with Crippen molar-refractivity contribution in [1.82, 2.24) is 4.31 Å². The molecule has 11 heteroatoms. The molecular weight excluding hydrogens is 435 g/mol. The number of hydrogen-bond donors (Lipinski definition) is 1. The molecule has 0 bridgehead atoms. The molecule has 0 radical (unpaired) electrons. The lowest BCUT2D eigenvalue weighted by molar-refractivity contribution is -0.137. The van der Waals surface area contributed by atoms with Crippen LogP contribution in [0.1, 0.15) is 39.1 Å². The van der Waals surface area contributed by atoms with Crippen LogP contribution in [0.15, 0.2) is 41.3 Å². The van der Waals surface area contributed by atoms with Crippen LogP contribution in [0.4, 0.5) is 24.5 Å². The minimum atomic E-state index is -4.60. The number of hydrogen-bond acceptors (Lipinski definition) is 5. The van der Waals surface area contributed by atoms with Crippen molar-refractivity contribution in [3.8, 4) is 0 Å². The van der Waals surface area contributed by atoms with E-state index >= 15 is 0 Å². The van der Waals surface area contributed by atoms with Crippen molar-refractivity contribution in [2.24, 2.45) is 0 Å². The van der Waals surface area contributed by atoms with Gasteiger partial charge in [0.2, 0.25) is 0 Å². The highest BCUT2D eigenvalue weighted by Crippen LogP contribution is 2.40. The van der Waals surface area contributed by atoms with Crippen molar-refractivity contribution in [3.63, 3.8) is 0 Å². The van der Waals surface area contributed by atoms with E-state index in [4.69, 9.17) is 0 Å². The SMILES string of the molecule is CN(C)c1ccc(C(F)(F)F)cc1NC(=O)c1ccc2c(c1)S(=O)(=O)N(C1CC1)C2=O. The third kappa shape index (κ3) is 3.62. The van der Waals surface area contributed by atoms with E-state index in [1.165, 1.54) is 23.1 Å². The zero-order valence-corrected chi connectivity index (χ0v) is 17.3. The summed E-state index contributed by atoms with van der Waals surface area (Å²) in [4.78, 5) is 26.5. The van der Waals surface area contributed by atoms with Gasteiger partial charge in [0, 0.05) is 25.7 Å². The first kappa shape index (κ1) is 21.2. The van der Waals surface area contributed by atoms with Gasteiger partial charge in [-0.05, 0) is 49.2 Å². The van der Waals surface area contributed by atoms with E-state index in [0.717, 1.165) is 22.5 Å². The zero-order valence-electron chi connectivity index (χ0n) is 16.5. The van der Waals surface area contributed by atoms with E-state index < -0.39 is 33.6 Å². The number of alkyl halides is 3. The van der Waals surface area contributed by atoms with Crippen LogP contribution in [0.3, 0.4) is 0 Å². The molecule has 4 rings (SSSR count). The van der Waals surface area contributed by atoms with Crippen molar-refractivity contribution in [2.45, 2.75) is 30.0 Å². The molecule has 7 nitrogen and oxygen atoms in total. The Morgan fingerprint density at radius 3 is 2.39 bits per heavy atom. The number of fused-ring (bicyclic) bond motifs is 1. The molecule has 0 unspecified atom stereocenters. The largest absolute Gasteiger partial charge is 0.416 e. The number of carbonyl (C=O) groups is 2. The summed E-state index contributed by atoms with van der Waals surface area (Å²) in [5, 5.41) is 2.42. The lowest BCUT2D eigenvalue weighted by Gasteiger charge is -2.20. The van der Waals surface area contributed by atoms with Crippen LogP contribution in [0.25, 0.3) is 0 Å². The molecule has 0 spiro atoms. The lowest BCUT2D eigenvalue weighted by atomic mass is 10.1. The van der Waals surface area contributed by atoms with E-state index in [9.17, 15) is 31.2 Å². The molecule has 2 aromatic rings. The number of rotatable bonds is 4. The van der Waals surface area contributed by atoms with Gasteiger partial charge in [-0.2, -0.15) is 13.2 Å². The second-order valence-corrected chi connectivity index (χ2v) is 9.41. The Morgan fingerprint density at radius 1 is 1.13 bits per heavy atom. The van der Waals surface area contributed by atoms with Gasteiger partial charge < -0.3 is 10.2 Å². The molecule has 1 N–H and O–H groups in total. The first-order valence-corrected chi connectivity index (χ1v) is 10.8. The van der Waals surface area contributed by atoms with Gasteiger partial charge in [0.05, 0.1) is 22.5 Å². The summed E-state index contributed by atoms with van der Waals surface area (Å²) in [5.74, 6) is -1.42. The number of nitrogens with zero attached hydrogens (tertiary/aromatic N) is 2. The van der Waals surface area contributed by atoms with Crippen LogP contribution in [0.5, 0.6) is 0 Å². The van der Waals surface area contributed by atoms with Gasteiger partial charge in [0.1, 0.15) is 4.90 Å². The Kier molecular flexibility index (Phi) is 4.76. The number of nitrogens with one attached hydrogen (secondary N) is 1. The summed E-state index contributed by atoms with van der Waals surface area (Å²) < 4.78 is 65.7. The fourth-order valence-electron chi connectivity index (χ4n) is 3.46. The van der Waals surface area contributed by atoms with Gasteiger partial charge in [-0.25, -0.2) is 12.7 Å². The summed E-state index contributed by atoms with van der Waals surface area (Å²) >= 11 is 0. The monoisotopic (exact) mass is 453 g/mol. The van der Waals surface area contributed by atoms with E-state index in [1.807, 2.05) is 0 Å². The fourth-order valence-corrected chi connectivity index (χ4v) is 5.30. The third-order valence-electron chi connectivity index (χ3n) is 5.14. The van der Waals surface area contributed by atoms with Crippen molar-refractivity contribution < 1.29 is 31.2 Å². The van der Waals surface area contributed by atoms with Crippen LogP contribution < -0.4 is 10.2 Å². The summed E-state index contributed by atoms with van der Waals surface area (Å²) in [6.45, 7) is 0. The normalized spacial score (nSPS) is 17.5. The predicted molar refractivity (Wildman–Crippen MR) is 107 cm³/mol. The molecule has 0 aromatic heterocycles. The average Bonchev–Trinajstić information content (AvgIpc) is 3.48. The summed E-state index contributed by atoms with van der Waals surface area (Å²) in [5.41, 5.74) is -0.781. The molecule has 2 aliphatic rings. The Balaban J connectivity index is 1.69. The lowest BCUT2D eigenvalue weighted by Crippen LogP contribution is -2.31. The maximum Gasteiger partial charge on any atom is 0.416 e. The second kappa shape index (κ2) is 6.98. The van der Waals surface area contributed by atoms with Crippen LogP contribution in [-0.4, -0.2) is 44.7 Å². The second-order valence-electron chi connectivity index (χ2n) is 7.63. The van der Waals surface area contributed by atoms with E-state index in [2.05, 4.69) is 5.32 Å². The minimum Gasteiger partial charge on any atom is -0.376 e. The number of anilines is 2. The maximum absolute atomic E-state index is 13.1. The van der Waals surface area contributed by atoms with Crippen molar-refractivity contribution in [2.75, 3.05) is 24.3 Å². The van der Waals surface area contributed by atoms with Crippen molar-refractivity contribution in [1.29, 1.82) is 0 Å². The molecule has 1 aliphatic carbocycles. The topological polar surface area (TPSA) is 86.8 Å². The van der Waals surface area contributed by atoms with Gasteiger partial charge in [0.25, 0.3) is 21.8 Å². The number of carbonyl (C=O) groups excluding carboxylic acids is 2. The standard InChI is InChI=1S/C20H18F3N3O4S/c1-25(2)16-8-4-12(20(21,22)23)10-15(16)24-18(27)11-3-7-14-17(9-11)31(29,30)26(19(14)28)13-5-6-13/h3-4,7-10,13H,5-6H2,1-2H3,(H,24,27). The summed E-state index contributed by atoms with van der Waals surface area (Å²) in [6.07, 6.45) is -3.41.